The number of Topliss-reactive ketones (excluding diaryl/α,β-unsaturated/α-hetero) is 1. The van der Waals surface area contributed by atoms with E-state index in [9.17, 15) is 14.4 Å². The first kappa shape index (κ1) is 19.2. The van der Waals surface area contributed by atoms with Gasteiger partial charge in [0.05, 0.1) is 7.11 Å². The molecule has 0 saturated carbocycles. The van der Waals surface area contributed by atoms with E-state index in [1.54, 1.807) is 30.3 Å². The lowest BCUT2D eigenvalue weighted by atomic mass is 10.1. The van der Waals surface area contributed by atoms with Gasteiger partial charge in [0.15, 0.2) is 6.61 Å². The number of benzene rings is 1. The zero-order chi connectivity index (χ0) is 19.3. The summed E-state index contributed by atoms with van der Waals surface area (Å²) >= 11 is 0. The lowest BCUT2D eigenvalue weighted by Gasteiger charge is -2.07. The minimum Gasteiger partial charge on any atom is -0.497 e. The van der Waals surface area contributed by atoms with Crippen molar-refractivity contribution in [2.45, 2.75) is 13.8 Å². The maximum Gasteiger partial charge on any atom is 0.325 e. The second-order valence-corrected chi connectivity index (χ2v) is 5.84. The second-order valence-electron chi connectivity index (χ2n) is 5.84. The summed E-state index contributed by atoms with van der Waals surface area (Å²) in [5.41, 5.74) is 2.65. The SMILES string of the molecule is COc1cccc(C(=O)NCC(=O)OCC(=O)c2cc(C)n(C)c2C)c1. The van der Waals surface area contributed by atoms with E-state index in [0.717, 1.165) is 11.4 Å². The Morgan fingerprint density at radius 1 is 1.15 bits per heavy atom. The minimum absolute atomic E-state index is 0.279. The summed E-state index contributed by atoms with van der Waals surface area (Å²) < 4.78 is 11.9. The number of methoxy groups -OCH3 is 1. The molecule has 7 nitrogen and oxygen atoms in total. The van der Waals surface area contributed by atoms with Crippen LogP contribution in [0.5, 0.6) is 5.75 Å². The zero-order valence-electron chi connectivity index (χ0n) is 15.3. The maximum atomic E-state index is 12.2. The molecule has 0 unspecified atom stereocenters. The predicted octanol–water partition coefficient (Wildman–Crippen LogP) is 1.81. The number of carbonyl (C=O) groups excluding carboxylic acids is 3. The third-order valence-electron chi connectivity index (χ3n) is 4.17. The van der Waals surface area contributed by atoms with Crippen LogP contribution in [0.1, 0.15) is 32.1 Å². The molecule has 26 heavy (non-hydrogen) atoms. The number of amides is 1. The van der Waals surface area contributed by atoms with E-state index >= 15 is 0 Å². The van der Waals surface area contributed by atoms with Gasteiger partial charge in [-0.3, -0.25) is 14.4 Å². The highest BCUT2D eigenvalue weighted by Crippen LogP contribution is 2.14. The van der Waals surface area contributed by atoms with Crippen molar-refractivity contribution in [1.29, 1.82) is 0 Å². The lowest BCUT2D eigenvalue weighted by molar-refractivity contribution is -0.141. The normalized spacial score (nSPS) is 10.3. The molecule has 1 amide bonds. The summed E-state index contributed by atoms with van der Waals surface area (Å²) in [5, 5.41) is 2.45. The number of nitrogens with one attached hydrogen (secondary N) is 1. The van der Waals surface area contributed by atoms with E-state index in [2.05, 4.69) is 5.32 Å². The summed E-state index contributed by atoms with van der Waals surface area (Å²) in [6, 6.07) is 8.31. The Balaban J connectivity index is 1.84. The summed E-state index contributed by atoms with van der Waals surface area (Å²) in [7, 11) is 3.36. The van der Waals surface area contributed by atoms with Gasteiger partial charge in [-0.05, 0) is 38.1 Å². The molecule has 1 aromatic carbocycles. The standard InChI is InChI=1S/C19H22N2O5/c1-12-8-16(13(2)21(12)3)17(22)11-26-18(23)10-20-19(24)14-6-5-7-15(9-14)25-4/h5-9H,10-11H2,1-4H3,(H,20,24). The largest absolute Gasteiger partial charge is 0.497 e. The number of hydrogen-bond donors (Lipinski definition) is 1. The van der Waals surface area contributed by atoms with Crippen LogP contribution in [0.25, 0.3) is 0 Å². The molecule has 0 bridgehead atoms. The Morgan fingerprint density at radius 3 is 2.50 bits per heavy atom. The second kappa shape index (κ2) is 8.33. The number of carbonyl (C=O) groups is 3. The van der Waals surface area contributed by atoms with Gasteiger partial charge in [-0.25, -0.2) is 0 Å². The monoisotopic (exact) mass is 358 g/mol. The van der Waals surface area contributed by atoms with Gasteiger partial charge in [-0.15, -0.1) is 0 Å². The first-order valence-electron chi connectivity index (χ1n) is 8.07. The first-order chi connectivity index (χ1) is 12.3. The fourth-order valence-corrected chi connectivity index (χ4v) is 2.43. The molecule has 138 valence electrons. The number of nitrogens with zero attached hydrogens (tertiary/aromatic N) is 1. The third kappa shape index (κ3) is 4.50. The lowest BCUT2D eigenvalue weighted by Crippen LogP contribution is -2.31. The molecule has 2 aromatic rings. The van der Waals surface area contributed by atoms with Gasteiger partial charge in [-0.1, -0.05) is 6.07 Å². The molecule has 1 heterocycles. The highest BCUT2D eigenvalue weighted by Gasteiger charge is 2.16. The summed E-state index contributed by atoms with van der Waals surface area (Å²) in [6.45, 7) is 3.04. The van der Waals surface area contributed by atoms with Crippen LogP contribution >= 0.6 is 0 Å². The molecule has 0 aliphatic rings. The molecule has 0 aliphatic heterocycles. The van der Waals surface area contributed by atoms with Crippen molar-refractivity contribution in [2.24, 2.45) is 7.05 Å². The maximum absolute atomic E-state index is 12.2. The van der Waals surface area contributed by atoms with Gasteiger partial charge in [0.1, 0.15) is 12.3 Å². The number of ketones is 1. The Kier molecular flexibility index (Phi) is 6.16. The van der Waals surface area contributed by atoms with Gasteiger partial charge >= 0.3 is 5.97 Å². The van der Waals surface area contributed by atoms with E-state index < -0.39 is 11.9 Å². The summed E-state index contributed by atoms with van der Waals surface area (Å²) in [6.07, 6.45) is 0. The molecular weight excluding hydrogens is 336 g/mol. The van der Waals surface area contributed by atoms with Crippen molar-refractivity contribution in [1.82, 2.24) is 9.88 Å². The topological polar surface area (TPSA) is 86.6 Å². The molecular formula is C19H22N2O5. The van der Waals surface area contributed by atoms with Gasteiger partial charge in [0.25, 0.3) is 5.91 Å². The number of aromatic nitrogens is 1. The van der Waals surface area contributed by atoms with Crippen LogP contribution in [-0.4, -0.2) is 42.5 Å². The number of ether oxygens (including phenoxy) is 2. The number of esters is 1. The number of hydrogen-bond acceptors (Lipinski definition) is 5. The predicted molar refractivity (Wildman–Crippen MR) is 95.5 cm³/mol. The summed E-state index contributed by atoms with van der Waals surface area (Å²) in [5.74, 6) is -0.848. The van der Waals surface area contributed by atoms with E-state index in [1.807, 2.05) is 25.5 Å². The van der Waals surface area contributed by atoms with E-state index in [4.69, 9.17) is 9.47 Å². The average Bonchev–Trinajstić information content (AvgIpc) is 2.91. The Hall–Kier alpha value is -3.09. The van der Waals surface area contributed by atoms with Crippen LogP contribution in [0.2, 0.25) is 0 Å². The van der Waals surface area contributed by atoms with Gasteiger partial charge < -0.3 is 19.4 Å². The molecule has 2 rings (SSSR count). The smallest absolute Gasteiger partial charge is 0.325 e. The Labute approximate surface area is 151 Å². The Bertz CT molecular complexity index is 838. The first-order valence-corrected chi connectivity index (χ1v) is 8.07. The molecule has 0 spiro atoms. The van der Waals surface area contributed by atoms with Crippen LogP contribution in [0.3, 0.4) is 0 Å². The van der Waals surface area contributed by atoms with Crippen molar-refractivity contribution >= 4 is 17.7 Å². The van der Waals surface area contributed by atoms with Crippen LogP contribution in [0, 0.1) is 13.8 Å². The van der Waals surface area contributed by atoms with Crippen LogP contribution in [0.15, 0.2) is 30.3 Å². The van der Waals surface area contributed by atoms with E-state index in [1.165, 1.54) is 7.11 Å². The number of aryl methyl sites for hydroxylation is 1. The van der Waals surface area contributed by atoms with E-state index in [0.29, 0.717) is 16.9 Å². The van der Waals surface area contributed by atoms with Gasteiger partial charge in [-0.2, -0.15) is 0 Å². The zero-order valence-corrected chi connectivity index (χ0v) is 15.3. The van der Waals surface area contributed by atoms with Crippen molar-refractivity contribution in [3.05, 3.63) is 52.8 Å². The quantitative estimate of drug-likeness (QED) is 0.602. The average molecular weight is 358 g/mol. The third-order valence-corrected chi connectivity index (χ3v) is 4.17. The van der Waals surface area contributed by atoms with Crippen molar-refractivity contribution in [3.63, 3.8) is 0 Å². The van der Waals surface area contributed by atoms with Crippen LogP contribution in [0.4, 0.5) is 0 Å². The summed E-state index contributed by atoms with van der Waals surface area (Å²) in [4.78, 5) is 36.0. The molecule has 0 saturated heterocycles. The molecule has 7 heteroatoms. The van der Waals surface area contributed by atoms with Crippen molar-refractivity contribution in [3.8, 4) is 5.75 Å². The highest BCUT2D eigenvalue weighted by atomic mass is 16.5. The van der Waals surface area contributed by atoms with Gasteiger partial charge in [0.2, 0.25) is 5.78 Å². The molecule has 0 atom stereocenters. The highest BCUT2D eigenvalue weighted by molar-refractivity contribution is 6.00. The van der Waals surface area contributed by atoms with Crippen LogP contribution < -0.4 is 10.1 Å². The van der Waals surface area contributed by atoms with Gasteiger partial charge in [0, 0.05) is 29.6 Å². The van der Waals surface area contributed by atoms with Crippen LogP contribution in [-0.2, 0) is 16.6 Å². The van der Waals surface area contributed by atoms with Crippen molar-refractivity contribution in [2.75, 3.05) is 20.3 Å². The minimum atomic E-state index is -0.681. The Morgan fingerprint density at radius 2 is 1.88 bits per heavy atom. The fourth-order valence-electron chi connectivity index (χ4n) is 2.43. The molecule has 0 fully saturated rings. The molecule has 0 aliphatic carbocycles. The molecule has 1 N–H and O–H groups in total. The fraction of sp³-hybridized carbons (Fsp3) is 0.316. The molecule has 1 aromatic heterocycles. The van der Waals surface area contributed by atoms with E-state index in [-0.39, 0.29) is 18.9 Å². The number of rotatable bonds is 7. The van der Waals surface area contributed by atoms with Crippen molar-refractivity contribution < 1.29 is 23.9 Å². The molecule has 0 radical (unpaired) electrons.